The molecule has 0 radical (unpaired) electrons. The summed E-state index contributed by atoms with van der Waals surface area (Å²) in [6, 6.07) is 18.8. The summed E-state index contributed by atoms with van der Waals surface area (Å²) in [7, 11) is -3.73. The van der Waals surface area contributed by atoms with Crippen LogP contribution in [0.15, 0.2) is 84.0 Å². The van der Waals surface area contributed by atoms with Gasteiger partial charge in [0.05, 0.1) is 10.9 Å². The fourth-order valence-corrected chi connectivity index (χ4v) is 4.14. The zero-order chi connectivity index (χ0) is 20.7. The Morgan fingerprint density at radius 1 is 0.966 bits per heavy atom. The Bertz CT molecular complexity index is 1020. The molecule has 3 rings (SSSR count). The zero-order valence-electron chi connectivity index (χ0n) is 15.5. The SMILES string of the molecule is O=C(CCNS(=O)(=O)c1cccc(Cl)c1)NC(c1ccccc1)c1ccncc1. The molecule has 150 valence electrons. The average molecular weight is 430 g/mol. The molecule has 8 heteroatoms. The molecule has 0 aliphatic rings. The van der Waals surface area contributed by atoms with Gasteiger partial charge in [-0.25, -0.2) is 13.1 Å². The lowest BCUT2D eigenvalue weighted by molar-refractivity contribution is -0.121. The van der Waals surface area contributed by atoms with Crippen LogP contribution in [0.4, 0.5) is 0 Å². The van der Waals surface area contributed by atoms with E-state index in [0.717, 1.165) is 11.1 Å². The van der Waals surface area contributed by atoms with Crippen LogP contribution < -0.4 is 10.0 Å². The summed E-state index contributed by atoms with van der Waals surface area (Å²) in [6.07, 6.45) is 3.32. The van der Waals surface area contributed by atoms with Crippen molar-refractivity contribution in [3.63, 3.8) is 0 Å². The van der Waals surface area contributed by atoms with Gasteiger partial charge in [0.15, 0.2) is 0 Å². The highest BCUT2D eigenvalue weighted by molar-refractivity contribution is 7.89. The van der Waals surface area contributed by atoms with Crippen molar-refractivity contribution in [2.45, 2.75) is 17.4 Å². The average Bonchev–Trinajstić information content (AvgIpc) is 2.73. The molecule has 0 saturated carbocycles. The summed E-state index contributed by atoms with van der Waals surface area (Å²) in [5.74, 6) is -0.274. The third-order valence-corrected chi connectivity index (χ3v) is 5.92. The third kappa shape index (κ3) is 5.87. The van der Waals surface area contributed by atoms with E-state index in [-0.39, 0.29) is 29.8 Å². The van der Waals surface area contributed by atoms with Crippen LogP contribution in [0.5, 0.6) is 0 Å². The number of benzene rings is 2. The van der Waals surface area contributed by atoms with Gasteiger partial charge in [0, 0.05) is 30.4 Å². The second-order valence-electron chi connectivity index (χ2n) is 6.30. The largest absolute Gasteiger partial charge is 0.345 e. The van der Waals surface area contributed by atoms with Gasteiger partial charge in [-0.1, -0.05) is 48.0 Å². The van der Waals surface area contributed by atoms with E-state index in [1.54, 1.807) is 24.5 Å². The first-order valence-electron chi connectivity index (χ1n) is 8.95. The fraction of sp³-hybridized carbons (Fsp3) is 0.143. The number of aromatic nitrogens is 1. The highest BCUT2D eigenvalue weighted by atomic mass is 35.5. The Kier molecular flexibility index (Phi) is 6.98. The van der Waals surface area contributed by atoms with E-state index in [0.29, 0.717) is 5.02 Å². The molecule has 0 bridgehead atoms. The van der Waals surface area contributed by atoms with E-state index in [1.165, 1.54) is 12.1 Å². The summed E-state index contributed by atoms with van der Waals surface area (Å²) >= 11 is 5.85. The van der Waals surface area contributed by atoms with Crippen molar-refractivity contribution in [2.75, 3.05) is 6.54 Å². The first-order valence-corrected chi connectivity index (χ1v) is 10.8. The van der Waals surface area contributed by atoms with Gasteiger partial charge in [0.2, 0.25) is 15.9 Å². The number of pyridine rings is 1. The third-order valence-electron chi connectivity index (χ3n) is 4.23. The smallest absolute Gasteiger partial charge is 0.240 e. The monoisotopic (exact) mass is 429 g/mol. The lowest BCUT2D eigenvalue weighted by Gasteiger charge is -2.20. The van der Waals surface area contributed by atoms with Crippen LogP contribution in [0.1, 0.15) is 23.6 Å². The Morgan fingerprint density at radius 2 is 1.66 bits per heavy atom. The molecule has 1 atom stereocenters. The van der Waals surface area contributed by atoms with E-state index in [1.807, 2.05) is 42.5 Å². The van der Waals surface area contributed by atoms with Crippen molar-refractivity contribution in [3.05, 3.63) is 95.3 Å². The maximum Gasteiger partial charge on any atom is 0.240 e. The molecule has 0 aliphatic carbocycles. The first-order chi connectivity index (χ1) is 14.0. The van der Waals surface area contributed by atoms with Gasteiger partial charge in [-0.3, -0.25) is 9.78 Å². The van der Waals surface area contributed by atoms with Crippen LogP contribution in [0.3, 0.4) is 0 Å². The van der Waals surface area contributed by atoms with Crippen molar-refractivity contribution in [2.24, 2.45) is 0 Å². The van der Waals surface area contributed by atoms with Crippen molar-refractivity contribution in [1.29, 1.82) is 0 Å². The van der Waals surface area contributed by atoms with Crippen molar-refractivity contribution in [1.82, 2.24) is 15.0 Å². The summed E-state index contributed by atoms with van der Waals surface area (Å²) in [6.45, 7) is -0.0292. The summed E-state index contributed by atoms with van der Waals surface area (Å²) in [4.78, 5) is 16.6. The van der Waals surface area contributed by atoms with Gasteiger partial charge >= 0.3 is 0 Å². The molecule has 0 fully saturated rings. The van der Waals surface area contributed by atoms with Gasteiger partial charge in [0.1, 0.15) is 0 Å². The van der Waals surface area contributed by atoms with Crippen LogP contribution in [-0.2, 0) is 14.8 Å². The number of hydrogen-bond acceptors (Lipinski definition) is 4. The maximum atomic E-state index is 12.5. The first kappa shape index (κ1) is 21.0. The lowest BCUT2D eigenvalue weighted by Crippen LogP contribution is -2.33. The number of amides is 1. The molecule has 1 unspecified atom stereocenters. The quantitative estimate of drug-likeness (QED) is 0.575. The van der Waals surface area contributed by atoms with E-state index in [9.17, 15) is 13.2 Å². The Balaban J connectivity index is 1.64. The predicted molar refractivity (Wildman–Crippen MR) is 112 cm³/mol. The second-order valence-corrected chi connectivity index (χ2v) is 8.50. The van der Waals surface area contributed by atoms with Gasteiger partial charge in [0.25, 0.3) is 0 Å². The van der Waals surface area contributed by atoms with Crippen LogP contribution in [0.2, 0.25) is 5.02 Å². The number of halogens is 1. The van der Waals surface area contributed by atoms with Crippen molar-refractivity contribution < 1.29 is 13.2 Å². The number of rotatable bonds is 8. The van der Waals surface area contributed by atoms with Gasteiger partial charge < -0.3 is 5.32 Å². The van der Waals surface area contributed by atoms with Gasteiger partial charge in [-0.2, -0.15) is 0 Å². The Hall–Kier alpha value is -2.74. The topological polar surface area (TPSA) is 88.2 Å². The van der Waals surface area contributed by atoms with Gasteiger partial charge in [-0.15, -0.1) is 0 Å². The van der Waals surface area contributed by atoms with Crippen LogP contribution in [-0.4, -0.2) is 25.9 Å². The standard InChI is InChI=1S/C21H20ClN3O3S/c22-18-7-4-8-19(15-18)29(27,28)24-14-11-20(26)25-21(16-5-2-1-3-6-16)17-9-12-23-13-10-17/h1-10,12-13,15,21,24H,11,14H2,(H,25,26). The Morgan fingerprint density at radius 3 is 2.34 bits per heavy atom. The molecule has 1 amide bonds. The number of hydrogen-bond donors (Lipinski definition) is 2. The zero-order valence-corrected chi connectivity index (χ0v) is 17.0. The molecule has 6 nitrogen and oxygen atoms in total. The minimum atomic E-state index is -3.73. The molecule has 2 N–H and O–H groups in total. The molecule has 0 spiro atoms. The van der Waals surface area contributed by atoms with Gasteiger partial charge in [-0.05, 0) is 41.5 Å². The summed E-state index contributed by atoms with van der Waals surface area (Å²) in [5.41, 5.74) is 1.81. The second kappa shape index (κ2) is 9.65. The number of nitrogens with zero attached hydrogens (tertiary/aromatic N) is 1. The minimum absolute atomic E-state index is 0.00574. The number of sulfonamides is 1. The fourth-order valence-electron chi connectivity index (χ4n) is 2.81. The number of carbonyl (C=O) groups is 1. The molecule has 1 aromatic heterocycles. The highest BCUT2D eigenvalue weighted by Crippen LogP contribution is 2.21. The van der Waals surface area contributed by atoms with E-state index in [2.05, 4.69) is 15.0 Å². The minimum Gasteiger partial charge on any atom is -0.345 e. The van der Waals surface area contributed by atoms with Crippen LogP contribution in [0, 0.1) is 0 Å². The molecule has 2 aromatic carbocycles. The highest BCUT2D eigenvalue weighted by Gasteiger charge is 2.18. The van der Waals surface area contributed by atoms with Crippen molar-refractivity contribution >= 4 is 27.5 Å². The van der Waals surface area contributed by atoms with Crippen LogP contribution >= 0.6 is 11.6 Å². The molecule has 1 heterocycles. The summed E-state index contributed by atoms with van der Waals surface area (Å²) in [5, 5.41) is 3.29. The molecular weight excluding hydrogens is 410 g/mol. The molecule has 3 aromatic rings. The van der Waals surface area contributed by atoms with E-state index < -0.39 is 10.0 Å². The van der Waals surface area contributed by atoms with E-state index in [4.69, 9.17) is 11.6 Å². The van der Waals surface area contributed by atoms with E-state index >= 15 is 0 Å². The maximum absolute atomic E-state index is 12.5. The Labute approximate surface area is 175 Å². The normalized spacial score (nSPS) is 12.3. The predicted octanol–water partition coefficient (Wildman–Crippen LogP) is 3.31. The lowest BCUT2D eigenvalue weighted by atomic mass is 9.99. The molecule has 0 saturated heterocycles. The number of carbonyl (C=O) groups excluding carboxylic acids is 1. The molecular formula is C21H20ClN3O3S. The molecule has 29 heavy (non-hydrogen) atoms. The van der Waals surface area contributed by atoms with Crippen LogP contribution in [0.25, 0.3) is 0 Å². The summed E-state index contributed by atoms with van der Waals surface area (Å²) < 4.78 is 27.1. The number of nitrogens with one attached hydrogen (secondary N) is 2. The van der Waals surface area contributed by atoms with Crippen molar-refractivity contribution in [3.8, 4) is 0 Å². The molecule has 0 aliphatic heterocycles.